The van der Waals surface area contributed by atoms with Gasteiger partial charge in [-0.3, -0.25) is 4.79 Å². The number of rotatable bonds is 6. The third-order valence-corrected chi connectivity index (χ3v) is 3.72. The SMILES string of the molecule is CNC(=O)CCCNCC1CCSC1. The maximum absolute atomic E-state index is 10.9. The largest absolute Gasteiger partial charge is 0.359 e. The second kappa shape index (κ2) is 7.12. The van der Waals surface area contributed by atoms with Crippen molar-refractivity contribution < 1.29 is 4.79 Å². The van der Waals surface area contributed by atoms with E-state index in [4.69, 9.17) is 0 Å². The zero-order valence-corrected chi connectivity index (χ0v) is 9.66. The second-order valence-corrected chi connectivity index (χ2v) is 4.86. The summed E-state index contributed by atoms with van der Waals surface area (Å²) >= 11 is 2.05. The lowest BCUT2D eigenvalue weighted by molar-refractivity contribution is -0.120. The van der Waals surface area contributed by atoms with Gasteiger partial charge in [-0.1, -0.05) is 0 Å². The number of hydrogen-bond donors (Lipinski definition) is 2. The highest BCUT2D eigenvalue weighted by Gasteiger charge is 2.14. The summed E-state index contributed by atoms with van der Waals surface area (Å²) in [6.45, 7) is 2.09. The molecule has 1 rings (SSSR count). The average molecular weight is 216 g/mol. The molecule has 1 saturated heterocycles. The third kappa shape index (κ3) is 4.86. The summed E-state index contributed by atoms with van der Waals surface area (Å²) in [5.74, 6) is 3.63. The van der Waals surface area contributed by atoms with E-state index in [2.05, 4.69) is 22.4 Å². The van der Waals surface area contributed by atoms with Gasteiger partial charge in [-0.15, -0.1) is 0 Å². The maximum atomic E-state index is 10.9. The van der Waals surface area contributed by atoms with Crippen LogP contribution in [0, 0.1) is 5.92 Å². The number of carbonyl (C=O) groups is 1. The second-order valence-electron chi connectivity index (χ2n) is 3.71. The molecule has 4 heteroatoms. The normalized spacial score (nSPS) is 21.1. The summed E-state index contributed by atoms with van der Waals surface area (Å²) in [4.78, 5) is 10.9. The molecule has 14 heavy (non-hydrogen) atoms. The molecule has 0 aliphatic carbocycles. The van der Waals surface area contributed by atoms with Crippen molar-refractivity contribution in [1.29, 1.82) is 0 Å². The lowest BCUT2D eigenvalue weighted by Crippen LogP contribution is -2.25. The van der Waals surface area contributed by atoms with Gasteiger partial charge in [0.1, 0.15) is 0 Å². The molecule has 0 bridgehead atoms. The smallest absolute Gasteiger partial charge is 0.219 e. The van der Waals surface area contributed by atoms with E-state index in [9.17, 15) is 4.79 Å². The molecular weight excluding hydrogens is 196 g/mol. The standard InChI is InChI=1S/C10H20N2OS/c1-11-10(13)3-2-5-12-7-9-4-6-14-8-9/h9,12H,2-8H2,1H3,(H,11,13). The Morgan fingerprint density at radius 3 is 3.07 bits per heavy atom. The molecule has 0 aromatic carbocycles. The Bertz CT molecular complexity index is 170. The Morgan fingerprint density at radius 1 is 1.57 bits per heavy atom. The average Bonchev–Trinajstić information content (AvgIpc) is 2.69. The summed E-state index contributed by atoms with van der Waals surface area (Å²) in [5.41, 5.74) is 0. The van der Waals surface area contributed by atoms with Crippen LogP contribution in [0.2, 0.25) is 0 Å². The molecular formula is C10H20N2OS. The van der Waals surface area contributed by atoms with Crippen LogP contribution in [0.15, 0.2) is 0 Å². The van der Waals surface area contributed by atoms with Gasteiger partial charge < -0.3 is 10.6 Å². The Kier molecular flexibility index (Phi) is 6.03. The monoisotopic (exact) mass is 216 g/mol. The van der Waals surface area contributed by atoms with Gasteiger partial charge in [-0.2, -0.15) is 11.8 Å². The molecule has 1 aliphatic heterocycles. The minimum absolute atomic E-state index is 0.142. The summed E-state index contributed by atoms with van der Waals surface area (Å²) in [7, 11) is 1.69. The van der Waals surface area contributed by atoms with Crippen LogP contribution >= 0.6 is 11.8 Å². The van der Waals surface area contributed by atoms with Gasteiger partial charge in [-0.25, -0.2) is 0 Å². The molecule has 1 fully saturated rings. The number of nitrogens with one attached hydrogen (secondary N) is 2. The molecule has 3 nitrogen and oxygen atoms in total. The van der Waals surface area contributed by atoms with E-state index in [1.165, 1.54) is 17.9 Å². The van der Waals surface area contributed by atoms with E-state index < -0.39 is 0 Å². The van der Waals surface area contributed by atoms with E-state index in [1.807, 2.05) is 0 Å². The predicted molar refractivity (Wildman–Crippen MR) is 61.6 cm³/mol. The Hall–Kier alpha value is -0.220. The number of thioether (sulfide) groups is 1. The van der Waals surface area contributed by atoms with Crippen molar-refractivity contribution in [1.82, 2.24) is 10.6 Å². The first-order valence-corrected chi connectivity index (χ1v) is 6.47. The molecule has 0 aromatic rings. The minimum atomic E-state index is 0.142. The Labute approximate surface area is 90.4 Å². The fraction of sp³-hybridized carbons (Fsp3) is 0.900. The van der Waals surface area contributed by atoms with E-state index in [1.54, 1.807) is 7.05 Å². The van der Waals surface area contributed by atoms with Crippen LogP contribution in [0.3, 0.4) is 0 Å². The van der Waals surface area contributed by atoms with Gasteiger partial charge in [0.15, 0.2) is 0 Å². The van der Waals surface area contributed by atoms with Crippen molar-refractivity contribution in [2.75, 3.05) is 31.6 Å². The zero-order valence-electron chi connectivity index (χ0n) is 8.84. The van der Waals surface area contributed by atoms with Crippen molar-refractivity contribution >= 4 is 17.7 Å². The molecule has 1 heterocycles. The quantitative estimate of drug-likeness (QED) is 0.647. The highest BCUT2D eigenvalue weighted by Crippen LogP contribution is 2.22. The van der Waals surface area contributed by atoms with Gasteiger partial charge >= 0.3 is 0 Å². The number of hydrogen-bond acceptors (Lipinski definition) is 3. The van der Waals surface area contributed by atoms with Crippen LogP contribution in [0.25, 0.3) is 0 Å². The molecule has 1 aliphatic rings. The molecule has 1 atom stereocenters. The summed E-state index contributed by atoms with van der Waals surface area (Å²) < 4.78 is 0. The molecule has 82 valence electrons. The van der Waals surface area contributed by atoms with Gasteiger partial charge in [0.05, 0.1) is 0 Å². The summed E-state index contributed by atoms with van der Waals surface area (Å²) in [6.07, 6.45) is 2.94. The first-order valence-electron chi connectivity index (χ1n) is 5.32. The van der Waals surface area contributed by atoms with E-state index in [-0.39, 0.29) is 5.91 Å². The van der Waals surface area contributed by atoms with Crippen molar-refractivity contribution in [3.05, 3.63) is 0 Å². The van der Waals surface area contributed by atoms with Gasteiger partial charge in [0.25, 0.3) is 0 Å². The van der Waals surface area contributed by atoms with Gasteiger partial charge in [-0.05, 0) is 43.4 Å². The third-order valence-electron chi connectivity index (χ3n) is 2.49. The maximum Gasteiger partial charge on any atom is 0.219 e. The zero-order chi connectivity index (χ0) is 10.2. The van der Waals surface area contributed by atoms with Crippen LogP contribution in [0.4, 0.5) is 0 Å². The van der Waals surface area contributed by atoms with E-state index in [0.717, 1.165) is 25.4 Å². The Balaban J connectivity index is 1.86. The molecule has 2 N–H and O–H groups in total. The number of carbonyl (C=O) groups excluding carboxylic acids is 1. The first-order chi connectivity index (χ1) is 6.83. The van der Waals surface area contributed by atoms with E-state index >= 15 is 0 Å². The van der Waals surface area contributed by atoms with Gasteiger partial charge in [0, 0.05) is 13.5 Å². The lowest BCUT2D eigenvalue weighted by atomic mass is 10.1. The van der Waals surface area contributed by atoms with E-state index in [0.29, 0.717) is 6.42 Å². The Morgan fingerprint density at radius 2 is 2.43 bits per heavy atom. The fourth-order valence-electron chi connectivity index (χ4n) is 1.55. The van der Waals surface area contributed by atoms with Crippen molar-refractivity contribution in [3.63, 3.8) is 0 Å². The summed E-state index contributed by atoms with van der Waals surface area (Å²) in [5, 5.41) is 6.04. The van der Waals surface area contributed by atoms with Crippen molar-refractivity contribution in [3.8, 4) is 0 Å². The van der Waals surface area contributed by atoms with Crippen molar-refractivity contribution in [2.24, 2.45) is 5.92 Å². The molecule has 1 unspecified atom stereocenters. The molecule has 0 aromatic heterocycles. The molecule has 0 spiro atoms. The van der Waals surface area contributed by atoms with Gasteiger partial charge in [0.2, 0.25) is 5.91 Å². The first kappa shape index (κ1) is 11.9. The van der Waals surface area contributed by atoms with Crippen LogP contribution in [0.1, 0.15) is 19.3 Å². The molecule has 0 saturated carbocycles. The fourth-order valence-corrected chi connectivity index (χ4v) is 2.83. The topological polar surface area (TPSA) is 41.1 Å². The minimum Gasteiger partial charge on any atom is -0.359 e. The van der Waals surface area contributed by atoms with Crippen LogP contribution < -0.4 is 10.6 Å². The van der Waals surface area contributed by atoms with Crippen LogP contribution in [0.5, 0.6) is 0 Å². The number of amides is 1. The van der Waals surface area contributed by atoms with Crippen LogP contribution in [-0.2, 0) is 4.79 Å². The van der Waals surface area contributed by atoms with Crippen LogP contribution in [-0.4, -0.2) is 37.6 Å². The molecule has 1 amide bonds. The van der Waals surface area contributed by atoms with Crippen molar-refractivity contribution in [2.45, 2.75) is 19.3 Å². The highest BCUT2D eigenvalue weighted by atomic mass is 32.2. The predicted octanol–water partition coefficient (Wildman–Crippen LogP) is 0.855. The summed E-state index contributed by atoms with van der Waals surface area (Å²) in [6, 6.07) is 0. The highest BCUT2D eigenvalue weighted by molar-refractivity contribution is 7.99. The molecule has 0 radical (unpaired) electrons. The lowest BCUT2D eigenvalue weighted by Gasteiger charge is -2.09.